The molecule has 92 valence electrons. The summed E-state index contributed by atoms with van der Waals surface area (Å²) in [5.74, 6) is 6.04. The molecule has 5 nitrogen and oxygen atoms in total. The first-order chi connectivity index (χ1) is 8.63. The van der Waals surface area contributed by atoms with Crippen LogP contribution in [0.2, 0.25) is 0 Å². The van der Waals surface area contributed by atoms with E-state index in [1.807, 2.05) is 30.3 Å². The summed E-state index contributed by atoms with van der Waals surface area (Å²) >= 11 is 0. The van der Waals surface area contributed by atoms with Crippen molar-refractivity contribution in [2.45, 2.75) is 0 Å². The number of nitrogen functional groups attached to an aromatic ring is 3. The summed E-state index contributed by atoms with van der Waals surface area (Å²) in [5, 5.41) is 0. The van der Waals surface area contributed by atoms with E-state index >= 15 is 0 Å². The van der Waals surface area contributed by atoms with Crippen LogP contribution >= 0.6 is 0 Å². The van der Waals surface area contributed by atoms with Gasteiger partial charge in [-0.15, -0.1) is 0 Å². The normalized spacial score (nSPS) is 10.1. The van der Waals surface area contributed by atoms with Crippen LogP contribution in [0.5, 0.6) is 0 Å². The standard InChI is InChI=1S/C13H15N5/c1-8(9-5-3-2-4-6-9)10-7-11(14)17-13(18-16)12(10)15/h2-7H,1,15-16H2,(H3,14,17,18). The van der Waals surface area contributed by atoms with Crippen LogP contribution in [0.4, 0.5) is 17.3 Å². The molecule has 0 unspecified atom stereocenters. The van der Waals surface area contributed by atoms with E-state index in [2.05, 4.69) is 17.0 Å². The van der Waals surface area contributed by atoms with Gasteiger partial charge in [-0.3, -0.25) is 0 Å². The molecule has 1 aromatic heterocycles. The summed E-state index contributed by atoms with van der Waals surface area (Å²) in [5.41, 5.74) is 17.0. The lowest BCUT2D eigenvalue weighted by Gasteiger charge is -2.13. The molecule has 1 aromatic carbocycles. The molecule has 2 rings (SSSR count). The number of nitrogens with zero attached hydrogens (tertiary/aromatic N) is 1. The molecular weight excluding hydrogens is 226 g/mol. The van der Waals surface area contributed by atoms with Crippen LogP contribution in [-0.2, 0) is 0 Å². The molecule has 18 heavy (non-hydrogen) atoms. The summed E-state index contributed by atoms with van der Waals surface area (Å²) in [4.78, 5) is 4.00. The van der Waals surface area contributed by atoms with Crippen molar-refractivity contribution in [3.63, 3.8) is 0 Å². The van der Waals surface area contributed by atoms with E-state index < -0.39 is 0 Å². The molecule has 0 saturated heterocycles. The van der Waals surface area contributed by atoms with Crippen molar-refractivity contribution >= 4 is 22.9 Å². The highest BCUT2D eigenvalue weighted by atomic mass is 15.3. The van der Waals surface area contributed by atoms with E-state index in [4.69, 9.17) is 17.3 Å². The Balaban J connectivity index is 2.52. The second kappa shape index (κ2) is 4.77. The predicted molar refractivity (Wildman–Crippen MR) is 75.4 cm³/mol. The molecule has 0 fully saturated rings. The Labute approximate surface area is 105 Å². The first kappa shape index (κ1) is 11.9. The molecule has 0 spiro atoms. The lowest BCUT2D eigenvalue weighted by molar-refractivity contribution is 1.23. The van der Waals surface area contributed by atoms with E-state index in [1.54, 1.807) is 6.07 Å². The zero-order valence-electron chi connectivity index (χ0n) is 9.85. The van der Waals surface area contributed by atoms with E-state index in [0.29, 0.717) is 17.3 Å². The number of anilines is 3. The van der Waals surface area contributed by atoms with Crippen molar-refractivity contribution in [2.75, 3.05) is 16.9 Å². The van der Waals surface area contributed by atoms with Gasteiger partial charge in [-0.05, 0) is 17.2 Å². The van der Waals surface area contributed by atoms with Crippen molar-refractivity contribution < 1.29 is 0 Å². The summed E-state index contributed by atoms with van der Waals surface area (Å²) in [6.45, 7) is 4.04. The van der Waals surface area contributed by atoms with Gasteiger partial charge < -0.3 is 16.9 Å². The maximum absolute atomic E-state index is 5.98. The van der Waals surface area contributed by atoms with Crippen molar-refractivity contribution in [1.29, 1.82) is 0 Å². The third-order valence-corrected chi connectivity index (χ3v) is 2.66. The van der Waals surface area contributed by atoms with Crippen LogP contribution in [0.1, 0.15) is 11.1 Å². The third kappa shape index (κ3) is 2.11. The fourth-order valence-corrected chi connectivity index (χ4v) is 1.73. The average Bonchev–Trinajstić information content (AvgIpc) is 2.41. The SMILES string of the molecule is C=C(c1ccccc1)c1cc(N)nc(NN)c1N. The minimum Gasteiger partial charge on any atom is -0.395 e. The van der Waals surface area contributed by atoms with E-state index in [-0.39, 0.29) is 0 Å². The molecule has 0 saturated carbocycles. The van der Waals surface area contributed by atoms with E-state index in [9.17, 15) is 0 Å². The molecule has 0 bridgehead atoms. The average molecular weight is 241 g/mol. The first-order valence-electron chi connectivity index (χ1n) is 5.40. The van der Waals surface area contributed by atoms with Crippen LogP contribution in [0.15, 0.2) is 43.0 Å². The number of rotatable bonds is 3. The second-order valence-corrected chi connectivity index (χ2v) is 3.85. The Hall–Kier alpha value is -2.53. The van der Waals surface area contributed by atoms with E-state index in [0.717, 1.165) is 16.7 Å². The van der Waals surface area contributed by atoms with Crippen molar-refractivity contribution in [2.24, 2.45) is 5.84 Å². The Morgan fingerprint density at radius 3 is 2.44 bits per heavy atom. The van der Waals surface area contributed by atoms with Crippen LogP contribution in [-0.4, -0.2) is 4.98 Å². The molecule has 0 amide bonds. The number of nitrogens with one attached hydrogen (secondary N) is 1. The largest absolute Gasteiger partial charge is 0.395 e. The number of nitrogens with two attached hydrogens (primary N) is 3. The molecule has 5 heteroatoms. The Bertz CT molecular complexity index is 577. The molecule has 1 heterocycles. The molecular formula is C13H15N5. The number of hydrazine groups is 1. The van der Waals surface area contributed by atoms with Crippen molar-refractivity contribution in [3.8, 4) is 0 Å². The Morgan fingerprint density at radius 1 is 1.17 bits per heavy atom. The second-order valence-electron chi connectivity index (χ2n) is 3.85. The highest BCUT2D eigenvalue weighted by molar-refractivity contribution is 5.88. The number of pyridine rings is 1. The third-order valence-electron chi connectivity index (χ3n) is 2.66. The number of benzene rings is 1. The summed E-state index contributed by atoms with van der Waals surface area (Å²) < 4.78 is 0. The minimum absolute atomic E-state index is 0.337. The smallest absolute Gasteiger partial charge is 0.166 e. The Kier molecular flexibility index (Phi) is 3.16. The van der Waals surface area contributed by atoms with Gasteiger partial charge in [0.15, 0.2) is 5.82 Å². The predicted octanol–water partition coefficient (Wildman–Crippen LogP) is 1.59. The molecule has 0 aliphatic carbocycles. The Morgan fingerprint density at radius 2 is 1.83 bits per heavy atom. The number of hydrogen-bond donors (Lipinski definition) is 4. The highest BCUT2D eigenvalue weighted by Gasteiger charge is 2.11. The van der Waals surface area contributed by atoms with Gasteiger partial charge in [0.1, 0.15) is 5.82 Å². The maximum atomic E-state index is 5.98. The van der Waals surface area contributed by atoms with Crippen molar-refractivity contribution in [1.82, 2.24) is 4.98 Å². The first-order valence-corrected chi connectivity index (χ1v) is 5.40. The topological polar surface area (TPSA) is 103 Å². The van der Waals surface area contributed by atoms with E-state index in [1.165, 1.54) is 0 Å². The summed E-state index contributed by atoms with van der Waals surface area (Å²) in [6, 6.07) is 11.4. The summed E-state index contributed by atoms with van der Waals surface area (Å²) in [6.07, 6.45) is 0. The van der Waals surface area contributed by atoms with Crippen LogP contribution in [0, 0.1) is 0 Å². The van der Waals surface area contributed by atoms with Crippen LogP contribution in [0.25, 0.3) is 5.57 Å². The molecule has 0 radical (unpaired) electrons. The molecule has 7 N–H and O–H groups in total. The van der Waals surface area contributed by atoms with Crippen molar-refractivity contribution in [3.05, 3.63) is 54.1 Å². The van der Waals surface area contributed by atoms with Crippen LogP contribution < -0.4 is 22.7 Å². The molecule has 0 atom stereocenters. The van der Waals surface area contributed by atoms with Gasteiger partial charge in [0.25, 0.3) is 0 Å². The van der Waals surface area contributed by atoms with Crippen LogP contribution in [0.3, 0.4) is 0 Å². The molecule has 0 aliphatic heterocycles. The van der Waals surface area contributed by atoms with Gasteiger partial charge in [-0.25, -0.2) is 10.8 Å². The lowest BCUT2D eigenvalue weighted by atomic mass is 9.99. The minimum atomic E-state index is 0.337. The lowest BCUT2D eigenvalue weighted by Crippen LogP contribution is -2.13. The van der Waals surface area contributed by atoms with Gasteiger partial charge >= 0.3 is 0 Å². The molecule has 0 aliphatic rings. The maximum Gasteiger partial charge on any atom is 0.166 e. The number of aromatic nitrogens is 1. The quantitative estimate of drug-likeness (QED) is 0.482. The monoisotopic (exact) mass is 241 g/mol. The zero-order chi connectivity index (χ0) is 13.1. The fraction of sp³-hybridized carbons (Fsp3) is 0. The van der Waals surface area contributed by atoms with Gasteiger partial charge in [0, 0.05) is 5.56 Å². The van der Waals surface area contributed by atoms with Gasteiger partial charge in [0.05, 0.1) is 5.69 Å². The van der Waals surface area contributed by atoms with Gasteiger partial charge in [-0.2, -0.15) is 0 Å². The molecule has 2 aromatic rings. The zero-order valence-corrected chi connectivity index (χ0v) is 9.85. The van der Waals surface area contributed by atoms with Gasteiger partial charge in [-0.1, -0.05) is 36.9 Å². The number of hydrogen-bond acceptors (Lipinski definition) is 5. The highest BCUT2D eigenvalue weighted by Crippen LogP contribution is 2.31. The van der Waals surface area contributed by atoms with Gasteiger partial charge in [0.2, 0.25) is 0 Å². The fourth-order valence-electron chi connectivity index (χ4n) is 1.73. The summed E-state index contributed by atoms with van der Waals surface area (Å²) in [7, 11) is 0.